The topological polar surface area (TPSA) is 66.5 Å². The number of aliphatic hydroxyl groups is 1. The molecule has 1 atom stereocenters. The van der Waals surface area contributed by atoms with Crippen molar-refractivity contribution in [2.45, 2.75) is 18.9 Å². The maximum Gasteiger partial charge on any atom is 0.120 e. The molecule has 0 fully saturated rings. The molecule has 0 aliphatic carbocycles. The summed E-state index contributed by atoms with van der Waals surface area (Å²) in [6, 6.07) is 11.2. The minimum absolute atomic E-state index is 0.124. The third kappa shape index (κ3) is 2.40. The predicted octanol–water partition coefficient (Wildman–Crippen LogP) is 2.32. The zero-order valence-electron chi connectivity index (χ0n) is 9.63. The molecule has 0 aliphatic heterocycles. The Hall–Kier alpha value is -1.58. The number of aromatic hydroxyl groups is 1. The van der Waals surface area contributed by atoms with E-state index in [4.69, 9.17) is 10.8 Å². The molecule has 2 aromatic rings. The number of fused-ring (bicyclic) bond motifs is 1. The Morgan fingerprint density at radius 3 is 2.65 bits per heavy atom. The molecule has 0 amide bonds. The first kappa shape index (κ1) is 11.9. The highest BCUT2D eigenvalue weighted by atomic mass is 16.3. The Balaban J connectivity index is 2.47. The largest absolute Gasteiger partial charge is 0.508 e. The van der Waals surface area contributed by atoms with E-state index in [2.05, 4.69) is 0 Å². The molecule has 0 unspecified atom stereocenters. The van der Waals surface area contributed by atoms with Gasteiger partial charge in [0.1, 0.15) is 5.75 Å². The number of phenolic OH excluding ortho intramolecular Hbond substituents is 1. The summed E-state index contributed by atoms with van der Waals surface area (Å²) < 4.78 is 0. The van der Waals surface area contributed by atoms with Gasteiger partial charge < -0.3 is 15.9 Å². The molecule has 0 aliphatic rings. The second kappa shape index (κ2) is 5.17. The van der Waals surface area contributed by atoms with Crippen LogP contribution in [0, 0.1) is 0 Å². The van der Waals surface area contributed by atoms with Crippen LogP contribution in [0.3, 0.4) is 0 Å². The summed E-state index contributed by atoms with van der Waals surface area (Å²) in [5.41, 5.74) is 6.85. The molecule has 3 nitrogen and oxygen atoms in total. The number of nitrogens with two attached hydrogens (primary N) is 1. The fraction of sp³-hybridized carbons (Fsp3) is 0.286. The second-order valence-electron chi connectivity index (χ2n) is 4.19. The first-order valence-corrected chi connectivity index (χ1v) is 5.81. The molecule has 2 rings (SSSR count). The lowest BCUT2D eigenvalue weighted by Crippen LogP contribution is -2.11. The van der Waals surface area contributed by atoms with Crippen molar-refractivity contribution in [3.05, 3.63) is 42.0 Å². The van der Waals surface area contributed by atoms with Gasteiger partial charge in [-0.25, -0.2) is 0 Å². The predicted molar refractivity (Wildman–Crippen MR) is 68.9 cm³/mol. The number of aliphatic hydroxyl groups excluding tert-OH is 1. The third-order valence-corrected chi connectivity index (χ3v) is 2.99. The lowest BCUT2D eigenvalue weighted by molar-refractivity contribution is 0.279. The van der Waals surface area contributed by atoms with Crippen LogP contribution in [0.25, 0.3) is 10.8 Å². The molecule has 0 spiro atoms. The van der Waals surface area contributed by atoms with Crippen LogP contribution in [0.1, 0.15) is 24.4 Å². The smallest absolute Gasteiger partial charge is 0.120 e. The number of hydrogen-bond acceptors (Lipinski definition) is 3. The normalized spacial score (nSPS) is 12.8. The highest BCUT2D eigenvalue weighted by molar-refractivity contribution is 5.88. The van der Waals surface area contributed by atoms with Gasteiger partial charge in [-0.1, -0.05) is 30.3 Å². The molecule has 0 saturated heterocycles. The van der Waals surface area contributed by atoms with Crippen LogP contribution in [0.15, 0.2) is 36.4 Å². The van der Waals surface area contributed by atoms with Crippen molar-refractivity contribution in [3.63, 3.8) is 0 Å². The monoisotopic (exact) mass is 231 g/mol. The Morgan fingerprint density at radius 2 is 1.88 bits per heavy atom. The minimum atomic E-state index is -0.242. The van der Waals surface area contributed by atoms with Gasteiger partial charge in [-0.15, -0.1) is 0 Å². The van der Waals surface area contributed by atoms with Crippen molar-refractivity contribution in [2.24, 2.45) is 5.73 Å². The summed E-state index contributed by atoms with van der Waals surface area (Å²) in [7, 11) is 0. The average Bonchev–Trinajstić information content (AvgIpc) is 2.35. The van der Waals surface area contributed by atoms with E-state index in [-0.39, 0.29) is 18.4 Å². The van der Waals surface area contributed by atoms with Gasteiger partial charge in [-0.2, -0.15) is 0 Å². The van der Waals surface area contributed by atoms with Gasteiger partial charge in [-0.3, -0.25) is 0 Å². The van der Waals surface area contributed by atoms with Crippen LogP contribution in [0.5, 0.6) is 5.75 Å². The van der Waals surface area contributed by atoms with E-state index in [0.29, 0.717) is 12.8 Å². The Morgan fingerprint density at radius 1 is 1.12 bits per heavy atom. The van der Waals surface area contributed by atoms with Crippen molar-refractivity contribution in [3.8, 4) is 5.75 Å². The van der Waals surface area contributed by atoms with Crippen molar-refractivity contribution in [2.75, 3.05) is 6.61 Å². The lowest BCUT2D eigenvalue weighted by Gasteiger charge is -2.16. The van der Waals surface area contributed by atoms with Gasteiger partial charge in [0.25, 0.3) is 0 Å². The van der Waals surface area contributed by atoms with Crippen LogP contribution < -0.4 is 5.73 Å². The van der Waals surface area contributed by atoms with Crippen LogP contribution in [-0.4, -0.2) is 16.8 Å². The quantitative estimate of drug-likeness (QED) is 0.756. The number of rotatable bonds is 4. The highest BCUT2D eigenvalue weighted by Crippen LogP contribution is 2.32. The van der Waals surface area contributed by atoms with E-state index in [1.807, 2.05) is 30.3 Å². The fourth-order valence-corrected chi connectivity index (χ4v) is 2.13. The molecule has 90 valence electrons. The zero-order chi connectivity index (χ0) is 12.3. The van der Waals surface area contributed by atoms with Crippen molar-refractivity contribution in [1.82, 2.24) is 0 Å². The molecule has 0 bridgehead atoms. The number of hydrogen-bond donors (Lipinski definition) is 3. The molecule has 0 saturated carbocycles. The van der Waals surface area contributed by atoms with Gasteiger partial charge in [0.05, 0.1) is 0 Å². The van der Waals surface area contributed by atoms with Gasteiger partial charge in [0, 0.05) is 18.2 Å². The highest BCUT2D eigenvalue weighted by Gasteiger charge is 2.14. The van der Waals surface area contributed by atoms with Crippen molar-refractivity contribution >= 4 is 10.8 Å². The Kier molecular flexibility index (Phi) is 3.61. The van der Waals surface area contributed by atoms with Gasteiger partial charge in [-0.05, 0) is 29.7 Å². The van der Waals surface area contributed by atoms with E-state index in [0.717, 1.165) is 16.3 Å². The van der Waals surface area contributed by atoms with Gasteiger partial charge in [0.15, 0.2) is 0 Å². The fourth-order valence-electron chi connectivity index (χ4n) is 2.13. The summed E-state index contributed by atoms with van der Waals surface area (Å²) in [6.07, 6.45) is 1.31. The molecular weight excluding hydrogens is 214 g/mol. The summed E-state index contributed by atoms with van der Waals surface area (Å²) in [5.74, 6) is 0.231. The Labute approximate surface area is 101 Å². The maximum atomic E-state index is 9.94. The van der Waals surface area contributed by atoms with E-state index in [1.165, 1.54) is 0 Å². The van der Waals surface area contributed by atoms with Crippen LogP contribution >= 0.6 is 0 Å². The lowest BCUT2D eigenvalue weighted by atomic mass is 9.95. The van der Waals surface area contributed by atoms with Crippen molar-refractivity contribution in [1.29, 1.82) is 0 Å². The SMILES string of the molecule is N[C@@H](CCCO)c1c(O)ccc2ccccc12. The molecule has 0 heterocycles. The van der Waals surface area contributed by atoms with Crippen LogP contribution in [-0.2, 0) is 0 Å². The van der Waals surface area contributed by atoms with Crippen LogP contribution in [0.4, 0.5) is 0 Å². The molecular formula is C14H17NO2. The third-order valence-electron chi connectivity index (χ3n) is 2.99. The summed E-state index contributed by atoms with van der Waals surface area (Å²) in [4.78, 5) is 0. The average molecular weight is 231 g/mol. The van der Waals surface area contributed by atoms with E-state index < -0.39 is 0 Å². The zero-order valence-corrected chi connectivity index (χ0v) is 9.63. The molecule has 3 heteroatoms. The molecule has 2 aromatic carbocycles. The van der Waals surface area contributed by atoms with Crippen LogP contribution in [0.2, 0.25) is 0 Å². The van der Waals surface area contributed by atoms with Gasteiger partial charge in [0.2, 0.25) is 0 Å². The molecule has 4 N–H and O–H groups in total. The standard InChI is InChI=1S/C14H17NO2/c15-12(6-3-9-16)14-11-5-2-1-4-10(11)7-8-13(14)17/h1-2,4-5,7-8,12,16-17H,3,6,9,15H2/t12-/m0/s1. The van der Waals surface area contributed by atoms with E-state index >= 15 is 0 Å². The van der Waals surface area contributed by atoms with Gasteiger partial charge >= 0.3 is 0 Å². The molecule has 0 radical (unpaired) electrons. The molecule has 0 aromatic heterocycles. The second-order valence-corrected chi connectivity index (χ2v) is 4.19. The summed E-state index contributed by atoms with van der Waals surface area (Å²) in [5, 5.41) is 20.8. The van der Waals surface area contributed by atoms with Crippen molar-refractivity contribution < 1.29 is 10.2 Å². The van der Waals surface area contributed by atoms with E-state index in [1.54, 1.807) is 6.07 Å². The number of benzene rings is 2. The first-order chi connectivity index (χ1) is 8.24. The van der Waals surface area contributed by atoms with E-state index in [9.17, 15) is 5.11 Å². The Bertz CT molecular complexity index is 511. The maximum absolute atomic E-state index is 9.94. The summed E-state index contributed by atoms with van der Waals surface area (Å²) >= 11 is 0. The summed E-state index contributed by atoms with van der Waals surface area (Å²) in [6.45, 7) is 0.124. The molecule has 17 heavy (non-hydrogen) atoms. The minimum Gasteiger partial charge on any atom is -0.508 e. The first-order valence-electron chi connectivity index (χ1n) is 5.81. The number of phenols is 1.